The molecular weight excluding hydrogens is 362 g/mol. The molecule has 0 saturated carbocycles. The molecule has 2 amide bonds. The van der Waals surface area contributed by atoms with Crippen molar-refractivity contribution in [2.24, 2.45) is 0 Å². The molecule has 8 heteroatoms. The van der Waals surface area contributed by atoms with E-state index in [9.17, 15) is 13.2 Å². The van der Waals surface area contributed by atoms with Gasteiger partial charge in [0.25, 0.3) is 0 Å². The number of halogens is 1. The van der Waals surface area contributed by atoms with Gasteiger partial charge < -0.3 is 10.6 Å². The summed E-state index contributed by atoms with van der Waals surface area (Å²) in [5.74, 6) is -0.000451. The summed E-state index contributed by atoms with van der Waals surface area (Å²) < 4.78 is 25.8. The lowest BCUT2D eigenvalue weighted by Gasteiger charge is -2.12. The van der Waals surface area contributed by atoms with Crippen LogP contribution in [0.3, 0.4) is 0 Å². The lowest BCUT2D eigenvalue weighted by Crippen LogP contribution is -2.28. The molecule has 0 fully saturated rings. The molecule has 0 aliphatic carbocycles. The van der Waals surface area contributed by atoms with Gasteiger partial charge in [0, 0.05) is 17.3 Å². The van der Waals surface area contributed by atoms with Crippen molar-refractivity contribution in [3.63, 3.8) is 0 Å². The zero-order chi connectivity index (χ0) is 18.4. The zero-order valence-corrected chi connectivity index (χ0v) is 15.5. The van der Waals surface area contributed by atoms with Gasteiger partial charge in [-0.15, -0.1) is 0 Å². The van der Waals surface area contributed by atoms with Crippen LogP contribution < -0.4 is 15.4 Å². The van der Waals surface area contributed by atoms with Gasteiger partial charge in [-0.1, -0.05) is 23.7 Å². The Labute approximate surface area is 152 Å². The molecule has 2 aromatic rings. The zero-order valence-electron chi connectivity index (χ0n) is 14.0. The molecule has 3 N–H and O–H groups in total. The third-order valence-electron chi connectivity index (χ3n) is 3.50. The first-order valence-electron chi connectivity index (χ1n) is 7.69. The molecule has 0 aliphatic rings. The van der Waals surface area contributed by atoms with Gasteiger partial charge in [-0.25, -0.2) is 13.2 Å². The molecule has 0 spiro atoms. The number of hydrogen-bond acceptors (Lipinski definition) is 3. The van der Waals surface area contributed by atoms with E-state index in [0.29, 0.717) is 28.5 Å². The molecule has 0 heterocycles. The highest BCUT2D eigenvalue weighted by Gasteiger charge is 2.10. The minimum atomic E-state index is -3.33. The standard InChI is InChI=1S/C17H20ClN3O3S/c1-3-25(23,24)21-16-9-8-15(10-12(16)2)20-17(22)19-11-13-4-6-14(18)7-5-13/h4-10,21H,3,11H2,1-2H3,(H2,19,20,22). The van der Waals surface area contributed by atoms with Gasteiger partial charge in [0.05, 0.1) is 11.4 Å². The molecule has 0 aliphatic heterocycles. The number of anilines is 2. The quantitative estimate of drug-likeness (QED) is 0.712. The fourth-order valence-corrected chi connectivity index (χ4v) is 2.89. The van der Waals surface area contributed by atoms with Crippen LogP contribution in [0.2, 0.25) is 5.02 Å². The fourth-order valence-electron chi connectivity index (χ4n) is 2.06. The maximum atomic E-state index is 12.0. The van der Waals surface area contributed by atoms with Gasteiger partial charge in [-0.05, 0) is 55.3 Å². The molecule has 134 valence electrons. The van der Waals surface area contributed by atoms with Crippen molar-refractivity contribution in [3.8, 4) is 0 Å². The molecule has 6 nitrogen and oxygen atoms in total. The normalized spacial score (nSPS) is 11.0. The third-order valence-corrected chi connectivity index (χ3v) is 5.04. The van der Waals surface area contributed by atoms with Gasteiger partial charge in [-0.3, -0.25) is 4.72 Å². The maximum Gasteiger partial charge on any atom is 0.319 e. The Kier molecular flexibility index (Phi) is 6.27. The average Bonchev–Trinajstić information content (AvgIpc) is 2.57. The van der Waals surface area contributed by atoms with Crippen LogP contribution in [0.1, 0.15) is 18.1 Å². The van der Waals surface area contributed by atoms with E-state index >= 15 is 0 Å². The molecule has 2 aromatic carbocycles. The average molecular weight is 382 g/mol. The van der Waals surface area contributed by atoms with Crippen LogP contribution in [-0.4, -0.2) is 20.2 Å². The minimum Gasteiger partial charge on any atom is -0.334 e. The van der Waals surface area contributed by atoms with Crippen molar-refractivity contribution in [1.29, 1.82) is 0 Å². The van der Waals surface area contributed by atoms with Crippen molar-refractivity contribution in [2.45, 2.75) is 20.4 Å². The minimum absolute atomic E-state index is 0.000451. The molecule has 0 aromatic heterocycles. The van der Waals surface area contributed by atoms with Crippen LogP contribution in [0.25, 0.3) is 0 Å². The number of urea groups is 1. The predicted molar refractivity (Wildman–Crippen MR) is 102 cm³/mol. The second-order valence-electron chi connectivity index (χ2n) is 5.47. The van der Waals surface area contributed by atoms with Crippen molar-refractivity contribution in [2.75, 3.05) is 15.8 Å². The summed E-state index contributed by atoms with van der Waals surface area (Å²) in [6, 6.07) is 11.8. The lowest BCUT2D eigenvalue weighted by atomic mass is 10.2. The highest BCUT2D eigenvalue weighted by atomic mass is 35.5. The van der Waals surface area contributed by atoms with Gasteiger partial charge in [0.15, 0.2) is 0 Å². The number of rotatable bonds is 6. The molecular formula is C17H20ClN3O3S. The van der Waals surface area contributed by atoms with Crippen LogP contribution in [0.5, 0.6) is 0 Å². The number of carbonyl (C=O) groups is 1. The Morgan fingerprint density at radius 1 is 1.12 bits per heavy atom. The first kappa shape index (κ1) is 19.1. The summed E-state index contributed by atoms with van der Waals surface area (Å²) in [5.41, 5.74) is 2.71. The Balaban J connectivity index is 1.94. The molecule has 0 atom stereocenters. The Morgan fingerprint density at radius 3 is 2.40 bits per heavy atom. The molecule has 0 radical (unpaired) electrons. The maximum absolute atomic E-state index is 12.0. The number of hydrogen-bond donors (Lipinski definition) is 3. The number of benzene rings is 2. The first-order valence-corrected chi connectivity index (χ1v) is 9.72. The third kappa shape index (κ3) is 5.95. The largest absolute Gasteiger partial charge is 0.334 e. The van der Waals surface area contributed by atoms with Crippen LogP contribution in [-0.2, 0) is 16.6 Å². The second-order valence-corrected chi connectivity index (χ2v) is 7.92. The number of sulfonamides is 1. The van der Waals surface area contributed by atoms with Crippen molar-refractivity contribution >= 4 is 39.0 Å². The van der Waals surface area contributed by atoms with E-state index in [0.717, 1.165) is 5.56 Å². The van der Waals surface area contributed by atoms with Crippen molar-refractivity contribution < 1.29 is 13.2 Å². The summed E-state index contributed by atoms with van der Waals surface area (Å²) >= 11 is 5.82. The Morgan fingerprint density at radius 2 is 1.80 bits per heavy atom. The molecule has 0 bridgehead atoms. The first-order chi connectivity index (χ1) is 11.8. The molecule has 0 saturated heterocycles. The van der Waals surface area contributed by atoms with E-state index in [1.807, 2.05) is 12.1 Å². The van der Waals surface area contributed by atoms with E-state index in [1.165, 1.54) is 0 Å². The summed E-state index contributed by atoms with van der Waals surface area (Å²) in [5, 5.41) is 6.10. The van der Waals surface area contributed by atoms with Crippen LogP contribution in [0.4, 0.5) is 16.2 Å². The number of carbonyl (C=O) groups excluding carboxylic acids is 1. The summed E-state index contributed by atoms with van der Waals surface area (Å²) in [7, 11) is -3.33. The molecule has 25 heavy (non-hydrogen) atoms. The topological polar surface area (TPSA) is 87.3 Å². The van der Waals surface area contributed by atoms with E-state index < -0.39 is 10.0 Å². The smallest absolute Gasteiger partial charge is 0.319 e. The van der Waals surface area contributed by atoms with E-state index in [1.54, 1.807) is 44.2 Å². The van der Waals surface area contributed by atoms with Crippen molar-refractivity contribution in [1.82, 2.24) is 5.32 Å². The highest BCUT2D eigenvalue weighted by Crippen LogP contribution is 2.21. The van der Waals surface area contributed by atoms with Gasteiger partial charge in [0.2, 0.25) is 10.0 Å². The highest BCUT2D eigenvalue weighted by molar-refractivity contribution is 7.92. The van der Waals surface area contributed by atoms with Gasteiger partial charge >= 0.3 is 6.03 Å². The van der Waals surface area contributed by atoms with E-state index in [2.05, 4.69) is 15.4 Å². The second kappa shape index (κ2) is 8.22. The molecule has 0 unspecified atom stereocenters. The monoisotopic (exact) mass is 381 g/mol. The SMILES string of the molecule is CCS(=O)(=O)Nc1ccc(NC(=O)NCc2ccc(Cl)cc2)cc1C. The Hall–Kier alpha value is -2.25. The molecule has 2 rings (SSSR count). The van der Waals surface area contributed by atoms with Crippen LogP contribution in [0.15, 0.2) is 42.5 Å². The number of nitrogens with one attached hydrogen (secondary N) is 3. The van der Waals surface area contributed by atoms with Gasteiger partial charge in [-0.2, -0.15) is 0 Å². The lowest BCUT2D eigenvalue weighted by molar-refractivity contribution is 0.251. The summed E-state index contributed by atoms with van der Waals surface area (Å²) in [6.45, 7) is 3.71. The van der Waals surface area contributed by atoms with E-state index in [4.69, 9.17) is 11.6 Å². The predicted octanol–water partition coefficient (Wildman–Crippen LogP) is 3.73. The van der Waals surface area contributed by atoms with E-state index in [-0.39, 0.29) is 11.8 Å². The van der Waals surface area contributed by atoms with Crippen molar-refractivity contribution in [3.05, 3.63) is 58.6 Å². The van der Waals surface area contributed by atoms with Gasteiger partial charge in [0.1, 0.15) is 0 Å². The Bertz CT molecular complexity index is 852. The summed E-state index contributed by atoms with van der Waals surface area (Å²) in [4.78, 5) is 12.0. The number of amides is 2. The number of aryl methyl sites for hydroxylation is 1. The summed E-state index contributed by atoms with van der Waals surface area (Å²) in [6.07, 6.45) is 0. The van der Waals surface area contributed by atoms with Crippen LogP contribution >= 0.6 is 11.6 Å². The van der Waals surface area contributed by atoms with Crippen LogP contribution in [0, 0.1) is 6.92 Å². The fraction of sp³-hybridized carbons (Fsp3) is 0.235.